The molecule has 1 heterocycles. The number of carbonyl (C=O) groups excluding carboxylic acids is 1. The molecule has 1 amide bonds. The summed E-state index contributed by atoms with van der Waals surface area (Å²) in [6.45, 7) is 0.574. The maximum atomic E-state index is 13.0. The average molecular weight is 345 g/mol. The van der Waals surface area contributed by atoms with Gasteiger partial charge in [-0.2, -0.15) is 5.10 Å². The molecule has 4 rings (SSSR count). The van der Waals surface area contributed by atoms with Gasteiger partial charge in [0.25, 0.3) is 0 Å². The van der Waals surface area contributed by atoms with Crippen LogP contribution in [0.4, 0.5) is 0 Å². The van der Waals surface area contributed by atoms with E-state index in [0.29, 0.717) is 6.54 Å². The second kappa shape index (κ2) is 7.16. The summed E-state index contributed by atoms with van der Waals surface area (Å²) in [5.41, 5.74) is 4.58. The Morgan fingerprint density at radius 1 is 1.15 bits per heavy atom. The fraction of sp³-hybridized carbons (Fsp3) is 0.273. The SMILES string of the molecule is CN(Cc1cnn(-c2ccccc2)c1)C(=O)C1CCCc2ccccc21. The molecule has 1 atom stereocenters. The number of amides is 1. The van der Waals surface area contributed by atoms with Crippen LogP contribution < -0.4 is 0 Å². The lowest BCUT2D eigenvalue weighted by molar-refractivity contribution is -0.132. The summed E-state index contributed by atoms with van der Waals surface area (Å²) >= 11 is 0. The Balaban J connectivity index is 1.48. The largest absolute Gasteiger partial charge is 0.341 e. The molecule has 0 fully saturated rings. The second-order valence-corrected chi connectivity index (χ2v) is 6.97. The molecule has 132 valence electrons. The zero-order valence-corrected chi connectivity index (χ0v) is 15.0. The first-order chi connectivity index (χ1) is 12.7. The molecule has 26 heavy (non-hydrogen) atoms. The quantitative estimate of drug-likeness (QED) is 0.718. The predicted octanol–water partition coefficient (Wildman–Crippen LogP) is 3.95. The van der Waals surface area contributed by atoms with E-state index in [1.807, 2.05) is 65.4 Å². The van der Waals surface area contributed by atoms with Crippen LogP contribution in [0.2, 0.25) is 0 Å². The molecular formula is C22H23N3O. The van der Waals surface area contributed by atoms with Crippen molar-refractivity contribution in [2.45, 2.75) is 31.7 Å². The lowest BCUT2D eigenvalue weighted by atomic mass is 9.82. The molecule has 3 aromatic rings. The number of hydrogen-bond acceptors (Lipinski definition) is 2. The van der Waals surface area contributed by atoms with Crippen molar-refractivity contribution in [2.24, 2.45) is 0 Å². The van der Waals surface area contributed by atoms with E-state index < -0.39 is 0 Å². The Bertz CT molecular complexity index is 901. The molecule has 0 saturated heterocycles. The summed E-state index contributed by atoms with van der Waals surface area (Å²) in [7, 11) is 1.89. The highest BCUT2D eigenvalue weighted by Gasteiger charge is 2.28. The van der Waals surface area contributed by atoms with Crippen molar-refractivity contribution in [3.63, 3.8) is 0 Å². The minimum atomic E-state index is -0.0193. The third kappa shape index (κ3) is 3.27. The molecule has 2 aromatic carbocycles. The molecule has 0 N–H and O–H groups in total. The molecule has 0 radical (unpaired) electrons. The number of aryl methyl sites for hydroxylation is 1. The van der Waals surface area contributed by atoms with Crippen molar-refractivity contribution in [1.82, 2.24) is 14.7 Å². The summed E-state index contributed by atoms with van der Waals surface area (Å²) in [4.78, 5) is 14.9. The topological polar surface area (TPSA) is 38.1 Å². The predicted molar refractivity (Wildman–Crippen MR) is 102 cm³/mol. The van der Waals surface area contributed by atoms with Crippen LogP contribution in [0.3, 0.4) is 0 Å². The van der Waals surface area contributed by atoms with Gasteiger partial charge in [0.1, 0.15) is 0 Å². The van der Waals surface area contributed by atoms with Gasteiger partial charge < -0.3 is 4.90 Å². The van der Waals surface area contributed by atoms with Gasteiger partial charge >= 0.3 is 0 Å². The van der Waals surface area contributed by atoms with Crippen molar-refractivity contribution in [2.75, 3.05) is 7.05 Å². The minimum absolute atomic E-state index is 0.0193. The summed E-state index contributed by atoms with van der Waals surface area (Å²) < 4.78 is 1.85. The van der Waals surface area contributed by atoms with Crippen LogP contribution in [0.5, 0.6) is 0 Å². The van der Waals surface area contributed by atoms with Crippen LogP contribution in [-0.4, -0.2) is 27.6 Å². The molecule has 4 nitrogen and oxygen atoms in total. The van der Waals surface area contributed by atoms with Crippen LogP contribution in [0.15, 0.2) is 67.0 Å². The van der Waals surface area contributed by atoms with Crippen LogP contribution in [-0.2, 0) is 17.8 Å². The standard InChI is InChI=1S/C22H23N3O/c1-24(15-17-14-23-25(16-17)19-10-3-2-4-11-19)22(26)21-13-7-9-18-8-5-6-12-20(18)21/h2-6,8,10-12,14,16,21H,7,9,13,15H2,1H3. The molecule has 0 spiro atoms. The van der Waals surface area contributed by atoms with Crippen LogP contribution in [0.1, 0.15) is 35.4 Å². The smallest absolute Gasteiger partial charge is 0.230 e. The number of carbonyl (C=O) groups is 1. The van der Waals surface area contributed by atoms with Gasteiger partial charge in [-0.25, -0.2) is 4.68 Å². The van der Waals surface area contributed by atoms with Crippen molar-refractivity contribution in [3.8, 4) is 5.69 Å². The number of nitrogens with zero attached hydrogens (tertiary/aromatic N) is 3. The number of para-hydroxylation sites is 1. The van der Waals surface area contributed by atoms with Gasteiger partial charge in [0.05, 0.1) is 17.8 Å². The number of likely N-dealkylation sites (N-methyl/N-ethyl adjacent to an activating group) is 1. The van der Waals surface area contributed by atoms with Gasteiger partial charge in [-0.3, -0.25) is 4.79 Å². The third-order valence-electron chi connectivity index (χ3n) is 5.12. The minimum Gasteiger partial charge on any atom is -0.341 e. The maximum absolute atomic E-state index is 13.0. The van der Waals surface area contributed by atoms with Gasteiger partial charge in [0, 0.05) is 25.4 Å². The fourth-order valence-electron chi connectivity index (χ4n) is 3.79. The van der Waals surface area contributed by atoms with E-state index in [9.17, 15) is 4.79 Å². The molecule has 1 aliphatic carbocycles. The lowest BCUT2D eigenvalue weighted by Crippen LogP contribution is -2.33. The third-order valence-corrected chi connectivity index (χ3v) is 5.12. The van der Waals surface area contributed by atoms with Crippen LogP contribution in [0.25, 0.3) is 5.69 Å². The summed E-state index contributed by atoms with van der Waals surface area (Å²) in [5.74, 6) is 0.179. The molecule has 0 bridgehead atoms. The van der Waals surface area contributed by atoms with Gasteiger partial charge in [-0.1, -0.05) is 42.5 Å². The normalized spacial score (nSPS) is 16.1. The second-order valence-electron chi connectivity index (χ2n) is 6.97. The Labute approximate surface area is 154 Å². The van der Waals surface area contributed by atoms with Gasteiger partial charge in [0.2, 0.25) is 5.91 Å². The van der Waals surface area contributed by atoms with Crippen LogP contribution in [0, 0.1) is 0 Å². The van der Waals surface area contributed by atoms with E-state index in [4.69, 9.17) is 0 Å². The molecule has 1 aliphatic rings. The molecule has 1 unspecified atom stereocenters. The van der Waals surface area contributed by atoms with Crippen molar-refractivity contribution >= 4 is 5.91 Å². The highest BCUT2D eigenvalue weighted by molar-refractivity contribution is 5.84. The van der Waals surface area contributed by atoms with Crippen molar-refractivity contribution in [3.05, 3.63) is 83.7 Å². The summed E-state index contributed by atoms with van der Waals surface area (Å²) in [6.07, 6.45) is 6.92. The molecule has 4 heteroatoms. The highest BCUT2D eigenvalue weighted by Crippen LogP contribution is 2.32. The summed E-state index contributed by atoms with van der Waals surface area (Å²) in [5, 5.41) is 4.43. The van der Waals surface area contributed by atoms with Gasteiger partial charge in [-0.05, 0) is 42.5 Å². The molecule has 0 saturated carbocycles. The van der Waals surface area contributed by atoms with E-state index in [-0.39, 0.29) is 11.8 Å². The first-order valence-corrected chi connectivity index (χ1v) is 9.14. The Morgan fingerprint density at radius 3 is 2.77 bits per heavy atom. The van der Waals surface area contributed by atoms with Crippen molar-refractivity contribution in [1.29, 1.82) is 0 Å². The number of hydrogen-bond donors (Lipinski definition) is 0. The zero-order valence-electron chi connectivity index (χ0n) is 15.0. The fourth-order valence-corrected chi connectivity index (χ4v) is 3.79. The van der Waals surface area contributed by atoms with E-state index in [0.717, 1.165) is 30.5 Å². The first-order valence-electron chi connectivity index (χ1n) is 9.14. The van der Waals surface area contributed by atoms with E-state index in [1.165, 1.54) is 11.1 Å². The number of fused-ring (bicyclic) bond motifs is 1. The lowest BCUT2D eigenvalue weighted by Gasteiger charge is -2.28. The molecule has 0 aliphatic heterocycles. The Kier molecular flexibility index (Phi) is 4.57. The monoisotopic (exact) mass is 345 g/mol. The Morgan fingerprint density at radius 2 is 1.92 bits per heavy atom. The van der Waals surface area contributed by atoms with E-state index in [1.54, 1.807) is 0 Å². The first kappa shape index (κ1) is 16.6. The molecular weight excluding hydrogens is 322 g/mol. The summed E-state index contributed by atoms with van der Waals surface area (Å²) in [6, 6.07) is 18.4. The number of benzene rings is 2. The van der Waals surface area contributed by atoms with Crippen molar-refractivity contribution < 1.29 is 4.79 Å². The highest BCUT2D eigenvalue weighted by atomic mass is 16.2. The number of rotatable bonds is 4. The van der Waals surface area contributed by atoms with Gasteiger partial charge in [-0.15, -0.1) is 0 Å². The molecule has 1 aromatic heterocycles. The number of aromatic nitrogens is 2. The average Bonchev–Trinajstić information content (AvgIpc) is 3.16. The Hall–Kier alpha value is -2.88. The van der Waals surface area contributed by atoms with E-state index >= 15 is 0 Å². The van der Waals surface area contributed by atoms with Crippen LogP contribution >= 0.6 is 0 Å². The van der Waals surface area contributed by atoms with E-state index in [2.05, 4.69) is 23.3 Å². The maximum Gasteiger partial charge on any atom is 0.230 e. The van der Waals surface area contributed by atoms with Gasteiger partial charge in [0.15, 0.2) is 0 Å². The zero-order chi connectivity index (χ0) is 17.9.